The van der Waals surface area contributed by atoms with Crippen LogP contribution in [-0.2, 0) is 12.8 Å². The third kappa shape index (κ3) is 3.90. The zero-order valence-corrected chi connectivity index (χ0v) is 16.7. The molecule has 5 rings (SSSR count). The molecule has 5 heteroatoms. The van der Waals surface area contributed by atoms with E-state index >= 15 is 0 Å². The van der Waals surface area contributed by atoms with E-state index in [4.69, 9.17) is 9.97 Å². The van der Waals surface area contributed by atoms with Gasteiger partial charge in [0.15, 0.2) is 5.65 Å². The van der Waals surface area contributed by atoms with Crippen molar-refractivity contribution in [2.24, 2.45) is 0 Å². The van der Waals surface area contributed by atoms with Crippen LogP contribution in [0.15, 0.2) is 91.1 Å². The number of rotatable bonds is 5. The van der Waals surface area contributed by atoms with Crippen molar-refractivity contribution in [1.82, 2.24) is 14.4 Å². The summed E-state index contributed by atoms with van der Waals surface area (Å²) in [5.74, 6) is -0.210. The van der Waals surface area contributed by atoms with Crippen molar-refractivity contribution in [2.75, 3.05) is 0 Å². The van der Waals surface area contributed by atoms with Crippen LogP contribution in [0.1, 0.15) is 22.5 Å². The second-order valence-corrected chi connectivity index (χ2v) is 7.48. The maximum atomic E-state index is 13.3. The van der Waals surface area contributed by atoms with Gasteiger partial charge in [-0.15, -0.1) is 0 Å². The molecule has 0 aliphatic rings. The van der Waals surface area contributed by atoms with E-state index in [0.717, 1.165) is 28.1 Å². The molecule has 0 saturated carbocycles. The molecule has 0 unspecified atom stereocenters. The summed E-state index contributed by atoms with van der Waals surface area (Å²) in [6.07, 6.45) is 2.81. The second kappa shape index (κ2) is 8.03. The van der Waals surface area contributed by atoms with Crippen LogP contribution in [0.3, 0.4) is 0 Å². The summed E-state index contributed by atoms with van der Waals surface area (Å²) in [5.41, 5.74) is 5.66. The zero-order chi connectivity index (χ0) is 21.2. The molecule has 152 valence electrons. The predicted molar refractivity (Wildman–Crippen MR) is 119 cm³/mol. The lowest BCUT2D eigenvalue weighted by Gasteiger charge is -2.08. The SMILES string of the molecule is Oc1c(Cc2ccc(F)cc2)nc2c(Cc3ccccc3)nc(-c3ccccc3)cn12. The van der Waals surface area contributed by atoms with Crippen molar-refractivity contribution >= 4 is 5.65 Å². The Balaban J connectivity index is 1.64. The number of halogens is 1. The van der Waals surface area contributed by atoms with Crippen LogP contribution in [0.25, 0.3) is 16.9 Å². The van der Waals surface area contributed by atoms with Gasteiger partial charge < -0.3 is 5.11 Å². The van der Waals surface area contributed by atoms with Crippen LogP contribution in [0.4, 0.5) is 4.39 Å². The Bertz CT molecular complexity index is 1330. The third-order valence-electron chi connectivity index (χ3n) is 5.29. The van der Waals surface area contributed by atoms with E-state index in [-0.39, 0.29) is 11.7 Å². The molecule has 0 bridgehead atoms. The van der Waals surface area contributed by atoms with Gasteiger partial charge in [0.1, 0.15) is 11.5 Å². The maximum absolute atomic E-state index is 13.3. The molecule has 3 aromatic carbocycles. The van der Waals surface area contributed by atoms with Crippen LogP contribution in [0, 0.1) is 5.82 Å². The van der Waals surface area contributed by atoms with Gasteiger partial charge in [-0.1, -0.05) is 72.8 Å². The van der Waals surface area contributed by atoms with Gasteiger partial charge in [-0.05, 0) is 23.3 Å². The van der Waals surface area contributed by atoms with Crippen molar-refractivity contribution < 1.29 is 9.50 Å². The summed E-state index contributed by atoms with van der Waals surface area (Å²) >= 11 is 0. The normalized spacial score (nSPS) is 11.1. The summed E-state index contributed by atoms with van der Waals surface area (Å²) in [7, 11) is 0. The van der Waals surface area contributed by atoms with Crippen LogP contribution in [0.2, 0.25) is 0 Å². The predicted octanol–water partition coefficient (Wildman–Crippen LogP) is 5.42. The molecule has 0 aliphatic carbocycles. The standard InChI is InChI=1S/C26H20FN3O/c27-21-13-11-19(12-14-21)16-23-26(31)30-17-24(20-9-5-2-6-10-20)28-22(25(30)29-23)15-18-7-3-1-4-8-18/h1-14,17,31H,15-16H2. The Morgan fingerprint density at radius 2 is 1.32 bits per heavy atom. The summed E-state index contributed by atoms with van der Waals surface area (Å²) in [6.45, 7) is 0. The molecule has 4 nitrogen and oxygen atoms in total. The highest BCUT2D eigenvalue weighted by atomic mass is 19.1. The average molecular weight is 409 g/mol. The zero-order valence-electron chi connectivity index (χ0n) is 16.7. The van der Waals surface area contributed by atoms with Crippen molar-refractivity contribution in [3.05, 3.63) is 119 Å². The van der Waals surface area contributed by atoms with E-state index in [1.165, 1.54) is 12.1 Å². The molecular formula is C26H20FN3O. The average Bonchev–Trinajstić information content (AvgIpc) is 3.12. The summed E-state index contributed by atoms with van der Waals surface area (Å²) < 4.78 is 15.0. The Morgan fingerprint density at radius 1 is 0.710 bits per heavy atom. The fourth-order valence-corrected chi connectivity index (χ4v) is 3.71. The Hall–Kier alpha value is -3.99. The maximum Gasteiger partial charge on any atom is 0.219 e. The largest absolute Gasteiger partial charge is 0.493 e. The smallest absolute Gasteiger partial charge is 0.219 e. The molecule has 5 aromatic rings. The number of hydrogen-bond acceptors (Lipinski definition) is 3. The van der Waals surface area contributed by atoms with E-state index < -0.39 is 0 Å². The number of aromatic hydroxyl groups is 1. The number of hydrogen-bond donors (Lipinski definition) is 1. The first-order chi connectivity index (χ1) is 15.2. The van der Waals surface area contributed by atoms with E-state index in [1.54, 1.807) is 16.5 Å². The minimum absolute atomic E-state index is 0.0771. The third-order valence-corrected chi connectivity index (χ3v) is 5.29. The van der Waals surface area contributed by atoms with Gasteiger partial charge in [-0.2, -0.15) is 0 Å². The highest BCUT2D eigenvalue weighted by Gasteiger charge is 2.18. The first-order valence-corrected chi connectivity index (χ1v) is 10.1. The molecule has 31 heavy (non-hydrogen) atoms. The first kappa shape index (κ1) is 19.0. The van der Waals surface area contributed by atoms with E-state index in [0.29, 0.717) is 24.2 Å². The van der Waals surface area contributed by atoms with Crippen LogP contribution in [-0.4, -0.2) is 19.5 Å². The lowest BCUT2D eigenvalue weighted by Crippen LogP contribution is -2.00. The highest BCUT2D eigenvalue weighted by molar-refractivity contribution is 5.63. The Morgan fingerprint density at radius 3 is 2.03 bits per heavy atom. The summed E-state index contributed by atoms with van der Waals surface area (Å²) in [4.78, 5) is 9.61. The molecule has 0 spiro atoms. The van der Waals surface area contributed by atoms with Gasteiger partial charge in [0.25, 0.3) is 0 Å². The molecule has 1 N–H and O–H groups in total. The molecule has 2 heterocycles. The van der Waals surface area contributed by atoms with Crippen LogP contribution >= 0.6 is 0 Å². The van der Waals surface area contributed by atoms with E-state index in [9.17, 15) is 9.50 Å². The molecule has 2 aromatic heterocycles. The number of fused-ring (bicyclic) bond motifs is 1. The van der Waals surface area contributed by atoms with Gasteiger partial charge in [0.2, 0.25) is 5.88 Å². The number of nitrogens with zero attached hydrogens (tertiary/aromatic N) is 3. The van der Waals surface area contributed by atoms with Gasteiger partial charge in [-0.3, -0.25) is 4.40 Å². The fourth-order valence-electron chi connectivity index (χ4n) is 3.71. The lowest BCUT2D eigenvalue weighted by molar-refractivity contribution is 0.442. The topological polar surface area (TPSA) is 50.4 Å². The molecule has 0 aliphatic heterocycles. The molecule has 0 fully saturated rings. The van der Waals surface area contributed by atoms with Crippen molar-refractivity contribution in [2.45, 2.75) is 12.8 Å². The minimum Gasteiger partial charge on any atom is -0.493 e. The molecular weight excluding hydrogens is 389 g/mol. The van der Waals surface area contributed by atoms with Gasteiger partial charge in [0, 0.05) is 24.6 Å². The van der Waals surface area contributed by atoms with Crippen LogP contribution < -0.4 is 0 Å². The van der Waals surface area contributed by atoms with Crippen molar-refractivity contribution in [3.8, 4) is 17.1 Å². The number of benzene rings is 3. The first-order valence-electron chi connectivity index (χ1n) is 10.1. The van der Waals surface area contributed by atoms with Gasteiger partial charge in [0.05, 0.1) is 11.4 Å². The molecule has 0 atom stereocenters. The van der Waals surface area contributed by atoms with E-state index in [1.807, 2.05) is 54.7 Å². The summed E-state index contributed by atoms with van der Waals surface area (Å²) in [5, 5.41) is 11.0. The molecule has 0 amide bonds. The Kier molecular flexibility index (Phi) is 4.92. The Labute approximate surface area is 179 Å². The van der Waals surface area contributed by atoms with E-state index in [2.05, 4.69) is 12.1 Å². The van der Waals surface area contributed by atoms with Gasteiger partial charge >= 0.3 is 0 Å². The quantitative estimate of drug-likeness (QED) is 0.422. The van der Waals surface area contributed by atoms with Crippen molar-refractivity contribution in [3.63, 3.8) is 0 Å². The lowest BCUT2D eigenvalue weighted by atomic mass is 10.1. The van der Waals surface area contributed by atoms with Crippen molar-refractivity contribution in [1.29, 1.82) is 0 Å². The minimum atomic E-state index is -0.287. The number of imidazole rings is 1. The monoisotopic (exact) mass is 409 g/mol. The molecule has 0 radical (unpaired) electrons. The molecule has 0 saturated heterocycles. The highest BCUT2D eigenvalue weighted by Crippen LogP contribution is 2.28. The fraction of sp³-hybridized carbons (Fsp3) is 0.0769. The van der Waals surface area contributed by atoms with Gasteiger partial charge in [-0.25, -0.2) is 14.4 Å². The summed E-state index contributed by atoms with van der Waals surface area (Å²) in [6, 6.07) is 26.2. The number of aromatic nitrogens is 3. The van der Waals surface area contributed by atoms with Crippen LogP contribution in [0.5, 0.6) is 5.88 Å². The second-order valence-electron chi connectivity index (χ2n) is 7.48.